The first-order valence-electron chi connectivity index (χ1n) is 5.97. The molecule has 0 aromatic heterocycles. The van der Waals surface area contributed by atoms with Crippen molar-refractivity contribution in [3.8, 4) is 0 Å². The molecule has 1 aliphatic heterocycles. The Kier molecular flexibility index (Phi) is 4.79. The summed E-state index contributed by atoms with van der Waals surface area (Å²) in [4.78, 5) is 0. The fourth-order valence-corrected chi connectivity index (χ4v) is 2.24. The molecule has 0 bridgehead atoms. The van der Waals surface area contributed by atoms with Crippen molar-refractivity contribution in [3.05, 3.63) is 0 Å². The monoisotopic (exact) mass is 183 g/mol. The molecule has 1 heteroatoms. The SMILES string of the molecule is CCCCCCCC1(C)CCNC1. The average Bonchev–Trinajstić information content (AvgIpc) is 2.53. The lowest BCUT2D eigenvalue weighted by Gasteiger charge is -2.22. The molecule has 1 saturated heterocycles. The van der Waals surface area contributed by atoms with Gasteiger partial charge < -0.3 is 5.32 Å². The van der Waals surface area contributed by atoms with E-state index in [0.29, 0.717) is 5.41 Å². The molecule has 1 atom stereocenters. The van der Waals surface area contributed by atoms with Gasteiger partial charge in [-0.15, -0.1) is 0 Å². The average molecular weight is 183 g/mol. The number of hydrogen-bond acceptors (Lipinski definition) is 1. The summed E-state index contributed by atoms with van der Waals surface area (Å²) < 4.78 is 0. The first-order chi connectivity index (χ1) is 6.27. The second-order valence-electron chi connectivity index (χ2n) is 4.90. The van der Waals surface area contributed by atoms with Crippen LogP contribution < -0.4 is 5.32 Å². The van der Waals surface area contributed by atoms with Gasteiger partial charge in [-0.25, -0.2) is 0 Å². The zero-order chi connectivity index (χ0) is 9.57. The predicted octanol–water partition coefficient (Wildman–Crippen LogP) is 3.35. The van der Waals surface area contributed by atoms with Gasteiger partial charge in [0.25, 0.3) is 0 Å². The Morgan fingerprint density at radius 2 is 1.92 bits per heavy atom. The normalized spacial score (nSPS) is 28.2. The first-order valence-corrected chi connectivity index (χ1v) is 5.97. The van der Waals surface area contributed by atoms with E-state index < -0.39 is 0 Å². The second-order valence-corrected chi connectivity index (χ2v) is 4.90. The largest absolute Gasteiger partial charge is 0.316 e. The van der Waals surface area contributed by atoms with Crippen molar-refractivity contribution in [1.82, 2.24) is 5.32 Å². The van der Waals surface area contributed by atoms with Crippen LogP contribution >= 0.6 is 0 Å². The van der Waals surface area contributed by atoms with E-state index in [-0.39, 0.29) is 0 Å². The Labute approximate surface area is 83.3 Å². The minimum atomic E-state index is 0.631. The van der Waals surface area contributed by atoms with E-state index in [1.165, 1.54) is 58.0 Å². The smallest absolute Gasteiger partial charge is 0.000564 e. The van der Waals surface area contributed by atoms with Crippen LogP contribution in [-0.4, -0.2) is 13.1 Å². The van der Waals surface area contributed by atoms with Crippen LogP contribution in [0.25, 0.3) is 0 Å². The molecule has 0 saturated carbocycles. The molecule has 1 unspecified atom stereocenters. The van der Waals surface area contributed by atoms with E-state index in [0.717, 1.165) is 0 Å². The van der Waals surface area contributed by atoms with E-state index in [2.05, 4.69) is 19.2 Å². The van der Waals surface area contributed by atoms with Gasteiger partial charge in [-0.1, -0.05) is 46.0 Å². The highest BCUT2D eigenvalue weighted by Gasteiger charge is 2.27. The van der Waals surface area contributed by atoms with Crippen LogP contribution in [-0.2, 0) is 0 Å². The highest BCUT2D eigenvalue weighted by Crippen LogP contribution is 2.30. The Morgan fingerprint density at radius 1 is 1.15 bits per heavy atom. The Bertz CT molecular complexity index is 125. The zero-order valence-electron chi connectivity index (χ0n) is 9.36. The van der Waals surface area contributed by atoms with Crippen LogP contribution in [0.3, 0.4) is 0 Å². The Balaban J connectivity index is 1.98. The molecule has 0 aromatic rings. The van der Waals surface area contributed by atoms with Crippen molar-refractivity contribution in [2.24, 2.45) is 5.41 Å². The van der Waals surface area contributed by atoms with Gasteiger partial charge in [0.2, 0.25) is 0 Å². The fourth-order valence-electron chi connectivity index (χ4n) is 2.24. The van der Waals surface area contributed by atoms with E-state index in [1.54, 1.807) is 0 Å². The number of hydrogen-bond donors (Lipinski definition) is 1. The maximum Gasteiger partial charge on any atom is 0.000564 e. The molecule has 1 N–H and O–H groups in total. The van der Waals surface area contributed by atoms with Gasteiger partial charge in [0, 0.05) is 6.54 Å². The molecule has 0 amide bonds. The summed E-state index contributed by atoms with van der Waals surface area (Å²) in [6.07, 6.45) is 9.94. The summed E-state index contributed by atoms with van der Waals surface area (Å²) >= 11 is 0. The summed E-state index contributed by atoms with van der Waals surface area (Å²) in [5.74, 6) is 0. The first kappa shape index (κ1) is 11.0. The van der Waals surface area contributed by atoms with E-state index in [1.807, 2.05) is 0 Å². The molecule has 0 aromatic carbocycles. The molecule has 78 valence electrons. The summed E-state index contributed by atoms with van der Waals surface area (Å²) in [6.45, 7) is 7.21. The van der Waals surface area contributed by atoms with Crippen molar-refractivity contribution in [3.63, 3.8) is 0 Å². The molecule has 1 aliphatic rings. The topological polar surface area (TPSA) is 12.0 Å². The van der Waals surface area contributed by atoms with Crippen LogP contribution in [0.15, 0.2) is 0 Å². The number of unbranched alkanes of at least 4 members (excludes halogenated alkanes) is 4. The third-order valence-electron chi connectivity index (χ3n) is 3.34. The summed E-state index contributed by atoms with van der Waals surface area (Å²) in [5, 5.41) is 3.46. The summed E-state index contributed by atoms with van der Waals surface area (Å²) in [6, 6.07) is 0. The van der Waals surface area contributed by atoms with Crippen molar-refractivity contribution < 1.29 is 0 Å². The molecule has 13 heavy (non-hydrogen) atoms. The van der Waals surface area contributed by atoms with Gasteiger partial charge in [-0.3, -0.25) is 0 Å². The molecule has 1 heterocycles. The zero-order valence-corrected chi connectivity index (χ0v) is 9.36. The van der Waals surface area contributed by atoms with Crippen LogP contribution in [0.2, 0.25) is 0 Å². The lowest BCUT2D eigenvalue weighted by atomic mass is 9.84. The third-order valence-corrected chi connectivity index (χ3v) is 3.34. The van der Waals surface area contributed by atoms with Crippen molar-refractivity contribution in [2.45, 2.75) is 58.8 Å². The van der Waals surface area contributed by atoms with E-state index in [4.69, 9.17) is 0 Å². The lowest BCUT2D eigenvalue weighted by Crippen LogP contribution is -2.19. The fraction of sp³-hybridized carbons (Fsp3) is 1.00. The molecule has 1 nitrogen and oxygen atoms in total. The maximum absolute atomic E-state index is 3.46. The second kappa shape index (κ2) is 5.64. The van der Waals surface area contributed by atoms with Crippen LogP contribution in [0.4, 0.5) is 0 Å². The number of nitrogens with one attached hydrogen (secondary N) is 1. The van der Waals surface area contributed by atoms with Gasteiger partial charge >= 0.3 is 0 Å². The van der Waals surface area contributed by atoms with Crippen molar-refractivity contribution in [1.29, 1.82) is 0 Å². The van der Waals surface area contributed by atoms with Crippen molar-refractivity contribution >= 4 is 0 Å². The number of rotatable bonds is 6. The van der Waals surface area contributed by atoms with Crippen LogP contribution in [0.1, 0.15) is 58.8 Å². The molecule has 1 rings (SSSR count). The highest BCUT2D eigenvalue weighted by atomic mass is 14.9. The molecule has 1 fully saturated rings. The van der Waals surface area contributed by atoms with Gasteiger partial charge in [0.15, 0.2) is 0 Å². The van der Waals surface area contributed by atoms with E-state index >= 15 is 0 Å². The lowest BCUT2D eigenvalue weighted by molar-refractivity contribution is 0.318. The molecule has 0 spiro atoms. The predicted molar refractivity (Wildman–Crippen MR) is 59.0 cm³/mol. The summed E-state index contributed by atoms with van der Waals surface area (Å²) in [7, 11) is 0. The molecular weight excluding hydrogens is 158 g/mol. The van der Waals surface area contributed by atoms with Crippen molar-refractivity contribution in [2.75, 3.05) is 13.1 Å². The van der Waals surface area contributed by atoms with Gasteiger partial charge in [-0.2, -0.15) is 0 Å². The van der Waals surface area contributed by atoms with Gasteiger partial charge in [0.05, 0.1) is 0 Å². The molecular formula is C12H25N. The van der Waals surface area contributed by atoms with Crippen LogP contribution in [0, 0.1) is 5.41 Å². The maximum atomic E-state index is 3.46. The standard InChI is InChI=1S/C12H25N/c1-3-4-5-6-7-8-12(2)9-10-13-11-12/h13H,3-11H2,1-2H3. The van der Waals surface area contributed by atoms with Gasteiger partial charge in [-0.05, 0) is 24.8 Å². The van der Waals surface area contributed by atoms with Gasteiger partial charge in [0.1, 0.15) is 0 Å². The third kappa shape index (κ3) is 4.12. The minimum Gasteiger partial charge on any atom is -0.316 e. The quantitative estimate of drug-likeness (QED) is 0.623. The summed E-state index contributed by atoms with van der Waals surface area (Å²) in [5.41, 5.74) is 0.631. The molecule has 0 aliphatic carbocycles. The Morgan fingerprint density at radius 3 is 2.54 bits per heavy atom. The minimum absolute atomic E-state index is 0.631. The Hall–Kier alpha value is -0.0400. The molecule has 0 radical (unpaired) electrons. The highest BCUT2D eigenvalue weighted by molar-refractivity contribution is 4.83. The van der Waals surface area contributed by atoms with Crippen LogP contribution in [0.5, 0.6) is 0 Å². The van der Waals surface area contributed by atoms with E-state index in [9.17, 15) is 0 Å².